The fourth-order valence-electron chi connectivity index (χ4n) is 2.72. The van der Waals surface area contributed by atoms with Crippen molar-refractivity contribution in [1.82, 2.24) is 10.3 Å². The molecule has 5 nitrogen and oxygen atoms in total. The second-order valence-electron chi connectivity index (χ2n) is 6.25. The Morgan fingerprint density at radius 2 is 1.96 bits per heavy atom. The third kappa shape index (κ3) is 4.55. The monoisotopic (exact) mass is 407 g/mol. The Morgan fingerprint density at radius 1 is 1.14 bits per heavy atom. The molecule has 1 fully saturated rings. The van der Waals surface area contributed by atoms with Crippen LogP contribution >= 0.6 is 23.5 Å². The highest BCUT2D eigenvalue weighted by molar-refractivity contribution is 8.18. The Labute approximate surface area is 171 Å². The lowest BCUT2D eigenvalue weighted by molar-refractivity contribution is -0.115. The molecule has 0 atom stereocenters. The van der Waals surface area contributed by atoms with E-state index in [0.717, 1.165) is 26.9 Å². The van der Waals surface area contributed by atoms with Gasteiger partial charge in [0.25, 0.3) is 5.91 Å². The van der Waals surface area contributed by atoms with E-state index in [9.17, 15) is 4.79 Å². The Morgan fingerprint density at radius 3 is 2.71 bits per heavy atom. The number of furan rings is 1. The molecule has 2 aromatic heterocycles. The van der Waals surface area contributed by atoms with Crippen LogP contribution in [0, 0.1) is 13.8 Å². The molecule has 1 aliphatic rings. The first-order valence-corrected chi connectivity index (χ1v) is 10.2. The van der Waals surface area contributed by atoms with Crippen LogP contribution < -0.4 is 5.32 Å². The van der Waals surface area contributed by atoms with Gasteiger partial charge in [-0.15, -0.1) is 0 Å². The van der Waals surface area contributed by atoms with Crippen LogP contribution in [-0.2, 0) is 4.79 Å². The lowest BCUT2D eigenvalue weighted by atomic mass is 10.1. The van der Waals surface area contributed by atoms with Gasteiger partial charge < -0.3 is 9.73 Å². The SMILES string of the molecule is Cc1cc(C)cc(N=C2NC(=O)/C(=C/c3ccc(Sc4ccccn4)o3)S2)c1. The van der Waals surface area contributed by atoms with E-state index in [-0.39, 0.29) is 5.91 Å². The van der Waals surface area contributed by atoms with Crippen LogP contribution in [0.25, 0.3) is 6.08 Å². The Balaban J connectivity index is 1.50. The third-order valence-corrected chi connectivity index (χ3v) is 5.59. The number of hydrogen-bond donors (Lipinski definition) is 1. The summed E-state index contributed by atoms with van der Waals surface area (Å²) in [5, 5.41) is 4.95. The summed E-state index contributed by atoms with van der Waals surface area (Å²) in [6, 6.07) is 15.5. The van der Waals surface area contributed by atoms with E-state index in [1.807, 2.05) is 56.3 Å². The Kier molecular flexibility index (Phi) is 5.36. The molecule has 0 saturated carbocycles. The van der Waals surface area contributed by atoms with Gasteiger partial charge in [0.15, 0.2) is 10.3 Å². The molecule has 3 aromatic rings. The van der Waals surface area contributed by atoms with E-state index in [0.29, 0.717) is 15.8 Å². The summed E-state index contributed by atoms with van der Waals surface area (Å²) < 4.78 is 5.80. The van der Waals surface area contributed by atoms with E-state index in [4.69, 9.17) is 4.42 Å². The average molecular weight is 408 g/mol. The maximum Gasteiger partial charge on any atom is 0.264 e. The van der Waals surface area contributed by atoms with Gasteiger partial charge in [0.05, 0.1) is 10.6 Å². The number of nitrogens with one attached hydrogen (secondary N) is 1. The third-order valence-electron chi connectivity index (χ3n) is 3.81. The molecule has 3 heterocycles. The van der Waals surface area contributed by atoms with Crippen LogP contribution in [0.5, 0.6) is 0 Å². The summed E-state index contributed by atoms with van der Waals surface area (Å²) in [6.07, 6.45) is 3.47. The highest BCUT2D eigenvalue weighted by atomic mass is 32.2. The van der Waals surface area contributed by atoms with Crippen molar-refractivity contribution in [1.29, 1.82) is 0 Å². The summed E-state index contributed by atoms with van der Waals surface area (Å²) >= 11 is 2.74. The van der Waals surface area contributed by atoms with Crippen molar-refractivity contribution in [2.24, 2.45) is 4.99 Å². The number of benzene rings is 1. The highest BCUT2D eigenvalue weighted by Crippen LogP contribution is 2.31. The van der Waals surface area contributed by atoms with Crippen molar-refractivity contribution in [2.75, 3.05) is 0 Å². The molecule has 1 N–H and O–H groups in total. The van der Waals surface area contributed by atoms with Gasteiger partial charge in [-0.25, -0.2) is 9.98 Å². The van der Waals surface area contributed by atoms with Gasteiger partial charge in [0.1, 0.15) is 10.8 Å². The van der Waals surface area contributed by atoms with Crippen LogP contribution in [-0.4, -0.2) is 16.1 Å². The average Bonchev–Trinajstić information content (AvgIpc) is 3.21. The van der Waals surface area contributed by atoms with Crippen molar-refractivity contribution in [3.63, 3.8) is 0 Å². The van der Waals surface area contributed by atoms with Gasteiger partial charge in [-0.3, -0.25) is 4.79 Å². The van der Waals surface area contributed by atoms with Crippen molar-refractivity contribution >= 4 is 46.4 Å². The smallest absolute Gasteiger partial charge is 0.264 e. The number of thioether (sulfide) groups is 1. The second kappa shape index (κ2) is 8.08. The topological polar surface area (TPSA) is 67.5 Å². The van der Waals surface area contributed by atoms with Crippen LogP contribution in [0.2, 0.25) is 0 Å². The molecule has 0 spiro atoms. The molecule has 0 unspecified atom stereocenters. The Hall–Kier alpha value is -2.77. The lowest BCUT2D eigenvalue weighted by Gasteiger charge is -2.00. The number of rotatable bonds is 4. The maximum absolute atomic E-state index is 12.3. The fourth-order valence-corrected chi connectivity index (χ4v) is 4.28. The minimum absolute atomic E-state index is 0.177. The van der Waals surface area contributed by atoms with Crippen LogP contribution in [0.4, 0.5) is 5.69 Å². The predicted molar refractivity (Wildman–Crippen MR) is 114 cm³/mol. The number of hydrogen-bond acceptors (Lipinski definition) is 6. The molecule has 1 saturated heterocycles. The number of nitrogens with zero attached hydrogens (tertiary/aromatic N) is 2. The van der Waals surface area contributed by atoms with Crippen LogP contribution in [0.1, 0.15) is 16.9 Å². The van der Waals surface area contributed by atoms with Gasteiger partial charge in [-0.2, -0.15) is 0 Å². The van der Waals surface area contributed by atoms with E-state index in [1.54, 1.807) is 12.3 Å². The maximum atomic E-state index is 12.3. The molecule has 0 radical (unpaired) electrons. The zero-order valence-corrected chi connectivity index (χ0v) is 16.9. The highest BCUT2D eigenvalue weighted by Gasteiger charge is 2.24. The number of aromatic nitrogens is 1. The molecular weight excluding hydrogens is 390 g/mol. The summed E-state index contributed by atoms with van der Waals surface area (Å²) in [6.45, 7) is 4.06. The summed E-state index contributed by atoms with van der Waals surface area (Å²) in [7, 11) is 0. The van der Waals surface area contributed by atoms with Gasteiger partial charge in [0.2, 0.25) is 0 Å². The molecule has 28 heavy (non-hydrogen) atoms. The first kappa shape index (κ1) is 18.6. The van der Waals surface area contributed by atoms with Gasteiger partial charge >= 0.3 is 0 Å². The van der Waals surface area contributed by atoms with Crippen molar-refractivity contribution in [3.05, 3.63) is 76.5 Å². The van der Waals surface area contributed by atoms with Crippen LogP contribution in [0.3, 0.4) is 0 Å². The number of amides is 1. The zero-order chi connectivity index (χ0) is 19.5. The van der Waals surface area contributed by atoms with Gasteiger partial charge in [-0.1, -0.05) is 12.1 Å². The largest absolute Gasteiger partial charge is 0.450 e. The lowest BCUT2D eigenvalue weighted by Crippen LogP contribution is -2.19. The molecule has 1 aliphatic heterocycles. The predicted octanol–water partition coefficient (Wildman–Crippen LogP) is 5.33. The summed E-state index contributed by atoms with van der Waals surface area (Å²) in [5.74, 6) is 0.437. The number of aliphatic imine (C=N–C) groups is 1. The number of aryl methyl sites for hydroxylation is 2. The number of carbonyl (C=O) groups excluding carboxylic acids is 1. The van der Waals surface area contributed by atoms with E-state index in [2.05, 4.69) is 21.4 Å². The summed E-state index contributed by atoms with van der Waals surface area (Å²) in [5.41, 5.74) is 3.10. The zero-order valence-electron chi connectivity index (χ0n) is 15.3. The van der Waals surface area contributed by atoms with Gasteiger partial charge in [-0.05, 0) is 84.9 Å². The number of amidine groups is 1. The Bertz CT molecular complexity index is 1070. The number of carbonyl (C=O) groups is 1. The van der Waals surface area contributed by atoms with Crippen molar-refractivity contribution < 1.29 is 9.21 Å². The van der Waals surface area contributed by atoms with Crippen molar-refractivity contribution in [3.8, 4) is 0 Å². The molecule has 7 heteroatoms. The van der Waals surface area contributed by atoms with Crippen LogP contribution in [0.15, 0.2) is 79.2 Å². The molecule has 1 aromatic carbocycles. The van der Waals surface area contributed by atoms with E-state index in [1.165, 1.54) is 23.5 Å². The normalized spacial score (nSPS) is 16.7. The molecular formula is C21H17N3O2S2. The minimum Gasteiger partial charge on any atom is -0.450 e. The fraction of sp³-hybridized carbons (Fsp3) is 0.0952. The second-order valence-corrected chi connectivity index (χ2v) is 8.31. The van der Waals surface area contributed by atoms with E-state index < -0.39 is 0 Å². The van der Waals surface area contributed by atoms with Gasteiger partial charge in [0, 0.05) is 12.3 Å². The van der Waals surface area contributed by atoms with E-state index >= 15 is 0 Å². The molecule has 140 valence electrons. The summed E-state index contributed by atoms with van der Waals surface area (Å²) in [4.78, 5) is 21.6. The minimum atomic E-state index is -0.177. The quantitative estimate of drug-likeness (QED) is 0.592. The molecule has 0 bridgehead atoms. The standard InChI is InChI=1S/C21H17N3O2S2/c1-13-9-14(2)11-15(10-13)23-21-24-20(25)17(27-21)12-16-6-7-19(26-16)28-18-5-3-4-8-22-18/h3-12H,1-2H3,(H,23,24,25)/b17-12-. The molecule has 4 rings (SSSR count). The first-order valence-electron chi connectivity index (χ1n) is 8.62. The first-order chi connectivity index (χ1) is 13.5. The molecule has 1 amide bonds. The van der Waals surface area contributed by atoms with Crippen molar-refractivity contribution in [2.45, 2.75) is 24.0 Å². The number of pyridine rings is 1. The molecule has 0 aliphatic carbocycles.